The summed E-state index contributed by atoms with van der Waals surface area (Å²) in [6, 6.07) is 0. The van der Waals surface area contributed by atoms with Gasteiger partial charge in [-0.15, -0.1) is 6.58 Å². The summed E-state index contributed by atoms with van der Waals surface area (Å²) in [5, 5.41) is 1.71. The number of hydrogen-bond donors (Lipinski definition) is 1. The van der Waals surface area contributed by atoms with Gasteiger partial charge >= 0.3 is 6.09 Å². The van der Waals surface area contributed by atoms with Crippen LogP contribution in [0.15, 0.2) is 12.7 Å². The van der Waals surface area contributed by atoms with Crippen molar-refractivity contribution >= 4 is 6.09 Å². The van der Waals surface area contributed by atoms with Crippen LogP contribution in [-0.4, -0.2) is 60.2 Å². The summed E-state index contributed by atoms with van der Waals surface area (Å²) in [7, 11) is 0. The number of piperazine rings is 1. The highest BCUT2D eigenvalue weighted by atomic mass is 19.3. The fourth-order valence-corrected chi connectivity index (χ4v) is 1.88. The Labute approximate surface area is 124 Å². The zero-order valence-corrected chi connectivity index (χ0v) is 13.0. The minimum Gasteiger partial charge on any atom is -0.444 e. The lowest BCUT2D eigenvalue weighted by molar-refractivity contribution is -0.0273. The van der Waals surface area contributed by atoms with Gasteiger partial charge in [0.25, 0.3) is 5.92 Å². The number of carbonyl (C=O) groups is 1. The molecular formula is C14H25F2N3O2. The van der Waals surface area contributed by atoms with E-state index < -0.39 is 18.1 Å². The molecule has 21 heavy (non-hydrogen) atoms. The summed E-state index contributed by atoms with van der Waals surface area (Å²) >= 11 is 0. The van der Waals surface area contributed by atoms with Crippen LogP contribution < -0.4 is 5.43 Å². The van der Waals surface area contributed by atoms with Crippen molar-refractivity contribution in [1.82, 2.24) is 15.3 Å². The zero-order chi connectivity index (χ0) is 16.1. The van der Waals surface area contributed by atoms with Gasteiger partial charge in [-0.05, 0) is 20.8 Å². The van der Waals surface area contributed by atoms with Crippen LogP contribution in [0.3, 0.4) is 0 Å². The molecular weight excluding hydrogens is 280 g/mol. The minimum absolute atomic E-state index is 0.349. The number of carbonyl (C=O) groups excluding carboxylic acids is 1. The fraction of sp³-hybridized carbons (Fsp3) is 0.786. The highest BCUT2D eigenvalue weighted by Crippen LogP contribution is 2.17. The number of ether oxygens (including phenoxy) is 1. The SMILES string of the molecule is C=CCC(F)(F)CNN1CCN(C(=O)OC(C)(C)C)CC1. The van der Waals surface area contributed by atoms with Gasteiger partial charge in [0.1, 0.15) is 5.60 Å². The van der Waals surface area contributed by atoms with Crippen molar-refractivity contribution in [2.24, 2.45) is 0 Å². The van der Waals surface area contributed by atoms with Gasteiger partial charge < -0.3 is 9.64 Å². The zero-order valence-electron chi connectivity index (χ0n) is 13.0. The lowest BCUT2D eigenvalue weighted by Crippen LogP contribution is -2.55. The minimum atomic E-state index is -2.80. The van der Waals surface area contributed by atoms with E-state index in [9.17, 15) is 13.6 Å². The number of nitrogens with one attached hydrogen (secondary N) is 1. The molecule has 1 N–H and O–H groups in total. The van der Waals surface area contributed by atoms with Crippen LogP contribution in [-0.2, 0) is 4.74 Å². The molecule has 0 aromatic heterocycles. The molecule has 0 atom stereocenters. The van der Waals surface area contributed by atoms with Crippen LogP contribution in [0.5, 0.6) is 0 Å². The van der Waals surface area contributed by atoms with E-state index in [4.69, 9.17) is 4.74 Å². The average molecular weight is 305 g/mol. The molecule has 0 aliphatic carbocycles. The van der Waals surface area contributed by atoms with E-state index in [1.807, 2.05) is 20.8 Å². The number of hydrogen-bond acceptors (Lipinski definition) is 4. The largest absolute Gasteiger partial charge is 0.444 e. The molecule has 7 heteroatoms. The second-order valence-corrected chi connectivity index (χ2v) is 6.14. The van der Waals surface area contributed by atoms with E-state index in [0.29, 0.717) is 26.2 Å². The Morgan fingerprint density at radius 1 is 1.29 bits per heavy atom. The fourth-order valence-electron chi connectivity index (χ4n) is 1.88. The van der Waals surface area contributed by atoms with Crippen molar-refractivity contribution in [1.29, 1.82) is 0 Å². The number of hydrazine groups is 1. The summed E-state index contributed by atoms with van der Waals surface area (Å²) in [5.74, 6) is -2.80. The third kappa shape index (κ3) is 6.86. The predicted molar refractivity (Wildman–Crippen MR) is 77.1 cm³/mol. The first-order valence-corrected chi connectivity index (χ1v) is 7.08. The van der Waals surface area contributed by atoms with Crippen LogP contribution in [0.2, 0.25) is 0 Å². The van der Waals surface area contributed by atoms with E-state index in [-0.39, 0.29) is 12.5 Å². The second kappa shape index (κ2) is 7.17. The topological polar surface area (TPSA) is 44.8 Å². The third-order valence-electron chi connectivity index (χ3n) is 2.94. The Hall–Kier alpha value is -1.21. The summed E-state index contributed by atoms with van der Waals surface area (Å²) < 4.78 is 31.9. The summed E-state index contributed by atoms with van der Waals surface area (Å²) in [6.07, 6.45) is 0.499. The summed E-state index contributed by atoms with van der Waals surface area (Å²) in [5.41, 5.74) is 2.18. The maximum absolute atomic E-state index is 13.3. The van der Waals surface area contributed by atoms with Crippen LogP contribution in [0.4, 0.5) is 13.6 Å². The average Bonchev–Trinajstić information content (AvgIpc) is 2.35. The molecule has 0 saturated carbocycles. The maximum atomic E-state index is 13.3. The van der Waals surface area contributed by atoms with E-state index in [0.717, 1.165) is 0 Å². The van der Waals surface area contributed by atoms with Crippen molar-refractivity contribution in [3.63, 3.8) is 0 Å². The van der Waals surface area contributed by atoms with Gasteiger partial charge in [-0.25, -0.2) is 24.0 Å². The Balaban J connectivity index is 2.32. The van der Waals surface area contributed by atoms with E-state index in [2.05, 4.69) is 12.0 Å². The summed E-state index contributed by atoms with van der Waals surface area (Å²) in [4.78, 5) is 13.4. The monoisotopic (exact) mass is 305 g/mol. The van der Waals surface area contributed by atoms with Crippen LogP contribution in [0, 0.1) is 0 Å². The van der Waals surface area contributed by atoms with Crippen molar-refractivity contribution < 1.29 is 18.3 Å². The van der Waals surface area contributed by atoms with Gasteiger partial charge in [0.2, 0.25) is 0 Å². The molecule has 5 nitrogen and oxygen atoms in total. The van der Waals surface area contributed by atoms with E-state index in [1.165, 1.54) is 6.08 Å². The number of allylic oxidation sites excluding steroid dienone is 1. The molecule has 0 bridgehead atoms. The van der Waals surface area contributed by atoms with E-state index in [1.54, 1.807) is 9.91 Å². The Morgan fingerprint density at radius 2 is 1.86 bits per heavy atom. The Kier molecular flexibility index (Phi) is 6.10. The Morgan fingerprint density at radius 3 is 2.33 bits per heavy atom. The molecule has 1 aliphatic heterocycles. The molecule has 122 valence electrons. The Bertz CT molecular complexity index is 362. The van der Waals surface area contributed by atoms with Crippen LogP contribution >= 0.6 is 0 Å². The molecule has 0 aromatic rings. The normalized spacial score (nSPS) is 17.7. The van der Waals surface area contributed by atoms with Crippen molar-refractivity contribution in [2.45, 2.75) is 38.7 Å². The number of amides is 1. The van der Waals surface area contributed by atoms with Gasteiger partial charge in [0, 0.05) is 32.6 Å². The van der Waals surface area contributed by atoms with Gasteiger partial charge in [0.15, 0.2) is 0 Å². The predicted octanol–water partition coefficient (Wildman–Crippen LogP) is 2.26. The number of rotatable bonds is 5. The molecule has 1 amide bonds. The molecule has 0 aromatic carbocycles. The van der Waals surface area contributed by atoms with Gasteiger partial charge in [-0.3, -0.25) is 0 Å². The van der Waals surface area contributed by atoms with Gasteiger partial charge in [0.05, 0.1) is 6.54 Å². The third-order valence-corrected chi connectivity index (χ3v) is 2.94. The van der Waals surface area contributed by atoms with E-state index >= 15 is 0 Å². The molecule has 1 fully saturated rings. The van der Waals surface area contributed by atoms with Crippen LogP contribution in [0.1, 0.15) is 27.2 Å². The molecule has 0 radical (unpaired) electrons. The van der Waals surface area contributed by atoms with Crippen molar-refractivity contribution in [2.75, 3.05) is 32.7 Å². The van der Waals surface area contributed by atoms with Gasteiger partial charge in [-0.1, -0.05) is 6.08 Å². The number of alkyl halides is 2. The molecule has 1 heterocycles. The number of halogens is 2. The quantitative estimate of drug-likeness (QED) is 0.791. The van der Waals surface area contributed by atoms with Crippen molar-refractivity contribution in [3.8, 4) is 0 Å². The maximum Gasteiger partial charge on any atom is 0.410 e. The second-order valence-electron chi connectivity index (χ2n) is 6.14. The highest BCUT2D eigenvalue weighted by molar-refractivity contribution is 5.68. The standard InChI is InChI=1S/C14H25F2N3O2/c1-5-6-14(15,16)11-17-19-9-7-18(8-10-19)12(20)21-13(2,3)4/h5,17H,1,6-11H2,2-4H3. The molecule has 0 unspecified atom stereocenters. The first kappa shape index (κ1) is 17.8. The molecule has 1 saturated heterocycles. The van der Waals surface area contributed by atoms with Gasteiger partial charge in [-0.2, -0.15) is 0 Å². The summed E-state index contributed by atoms with van der Waals surface area (Å²) in [6.45, 7) is 10.2. The number of nitrogens with zero attached hydrogens (tertiary/aromatic N) is 2. The van der Waals surface area contributed by atoms with Crippen LogP contribution in [0.25, 0.3) is 0 Å². The lowest BCUT2D eigenvalue weighted by Gasteiger charge is -2.36. The highest BCUT2D eigenvalue weighted by Gasteiger charge is 2.30. The molecule has 1 aliphatic rings. The first-order valence-electron chi connectivity index (χ1n) is 7.08. The smallest absolute Gasteiger partial charge is 0.410 e. The first-order chi connectivity index (χ1) is 9.63. The lowest BCUT2D eigenvalue weighted by atomic mass is 10.2. The van der Waals surface area contributed by atoms with Crippen molar-refractivity contribution in [3.05, 3.63) is 12.7 Å². The molecule has 1 rings (SSSR count). The molecule has 0 spiro atoms.